The molecule has 3 rings (SSSR count). The number of hydrogen-bond acceptors (Lipinski definition) is 6. The summed E-state index contributed by atoms with van der Waals surface area (Å²) in [5, 5.41) is 8.68. The third-order valence-corrected chi connectivity index (χ3v) is 7.60. The molecule has 3 unspecified atom stereocenters. The van der Waals surface area contributed by atoms with Crippen molar-refractivity contribution in [3.8, 4) is 0 Å². The van der Waals surface area contributed by atoms with Crippen molar-refractivity contribution in [2.24, 2.45) is 0 Å². The van der Waals surface area contributed by atoms with Gasteiger partial charge in [-0.3, -0.25) is 14.5 Å². The van der Waals surface area contributed by atoms with Crippen molar-refractivity contribution in [3.63, 3.8) is 0 Å². The van der Waals surface area contributed by atoms with Crippen LogP contribution in [0.15, 0.2) is 0 Å². The highest BCUT2D eigenvalue weighted by atomic mass is 32.2. The Balaban J connectivity index is 1.45. The lowest BCUT2D eigenvalue weighted by molar-refractivity contribution is -0.142. The van der Waals surface area contributed by atoms with Crippen LogP contribution in [0, 0.1) is 29.1 Å². The molecule has 0 radical (unpaired) electrons. The number of amides is 3. The first-order valence-electron chi connectivity index (χ1n) is 11.4. The van der Waals surface area contributed by atoms with Crippen molar-refractivity contribution in [2.75, 3.05) is 32.5 Å². The van der Waals surface area contributed by atoms with Crippen molar-refractivity contribution in [1.82, 2.24) is 20.9 Å². The SMILES string of the molecule is COC(=O)CN(CCNC(=O)CCCCC1SCC2NC(=O)NC21)Cc1c(F)c(F)c(F)c(F)c1F. The highest BCUT2D eigenvalue weighted by Gasteiger charge is 2.42. The molecule has 0 bridgehead atoms. The summed E-state index contributed by atoms with van der Waals surface area (Å²) in [6, 6.07) is 0.0690. The van der Waals surface area contributed by atoms with Crippen LogP contribution < -0.4 is 16.0 Å². The van der Waals surface area contributed by atoms with Crippen LogP contribution in [0.25, 0.3) is 0 Å². The van der Waals surface area contributed by atoms with Crippen molar-refractivity contribution >= 4 is 29.7 Å². The molecule has 2 aliphatic rings. The Labute approximate surface area is 208 Å². The number of halogens is 5. The second-order valence-corrected chi connectivity index (χ2v) is 9.83. The van der Waals surface area contributed by atoms with Gasteiger partial charge in [-0.05, 0) is 12.8 Å². The Kier molecular flexibility index (Phi) is 9.77. The van der Waals surface area contributed by atoms with Crippen LogP contribution in [0.1, 0.15) is 31.2 Å². The lowest BCUT2D eigenvalue weighted by Crippen LogP contribution is -2.38. The summed E-state index contributed by atoms with van der Waals surface area (Å²) in [5.74, 6) is -10.6. The number of nitrogens with one attached hydrogen (secondary N) is 3. The number of benzene rings is 1. The molecular formula is C22H27F5N4O4S. The van der Waals surface area contributed by atoms with Crippen LogP contribution in [0.3, 0.4) is 0 Å². The molecule has 1 aromatic rings. The van der Waals surface area contributed by atoms with Gasteiger partial charge in [0.2, 0.25) is 11.7 Å². The lowest BCUT2D eigenvalue weighted by atomic mass is 10.0. The topological polar surface area (TPSA) is 99.8 Å². The van der Waals surface area contributed by atoms with Crippen molar-refractivity contribution in [2.45, 2.75) is 49.6 Å². The maximum Gasteiger partial charge on any atom is 0.319 e. The fraction of sp³-hybridized carbons (Fsp3) is 0.591. The average molecular weight is 539 g/mol. The number of thioether (sulfide) groups is 1. The van der Waals surface area contributed by atoms with Crippen LogP contribution in [0.2, 0.25) is 0 Å². The minimum atomic E-state index is -2.27. The molecule has 3 amide bonds. The van der Waals surface area contributed by atoms with E-state index in [1.54, 1.807) is 11.8 Å². The minimum absolute atomic E-state index is 0.0227. The highest BCUT2D eigenvalue weighted by Crippen LogP contribution is 2.33. The van der Waals surface area contributed by atoms with Gasteiger partial charge in [0.1, 0.15) is 0 Å². The zero-order valence-corrected chi connectivity index (χ0v) is 20.3. The summed E-state index contributed by atoms with van der Waals surface area (Å²) in [4.78, 5) is 36.4. The van der Waals surface area contributed by atoms with Gasteiger partial charge >= 0.3 is 12.0 Å². The van der Waals surface area contributed by atoms with E-state index in [-0.39, 0.29) is 48.8 Å². The number of urea groups is 1. The Bertz CT molecular complexity index is 973. The van der Waals surface area contributed by atoms with Gasteiger partial charge in [0.05, 0.1) is 25.7 Å². The molecule has 2 heterocycles. The normalized spacial score (nSPS) is 20.8. The molecule has 2 fully saturated rings. The van der Waals surface area contributed by atoms with Crippen LogP contribution >= 0.6 is 11.8 Å². The second-order valence-electron chi connectivity index (χ2n) is 8.55. The number of unbranched alkanes of at least 4 members (excludes halogenated alkanes) is 1. The predicted molar refractivity (Wildman–Crippen MR) is 120 cm³/mol. The molecule has 0 spiro atoms. The van der Waals surface area contributed by atoms with Crippen LogP contribution in [-0.2, 0) is 20.9 Å². The van der Waals surface area contributed by atoms with E-state index in [1.165, 1.54) is 0 Å². The van der Waals surface area contributed by atoms with Crippen LogP contribution in [0.5, 0.6) is 0 Å². The summed E-state index contributed by atoms with van der Waals surface area (Å²) >= 11 is 1.78. The van der Waals surface area contributed by atoms with E-state index < -0.39 is 53.7 Å². The number of fused-ring (bicyclic) bond motifs is 1. The molecule has 0 aliphatic carbocycles. The quantitative estimate of drug-likeness (QED) is 0.0943. The molecule has 36 heavy (non-hydrogen) atoms. The Morgan fingerprint density at radius 1 is 1.06 bits per heavy atom. The number of nitrogens with zero attached hydrogens (tertiary/aromatic N) is 1. The van der Waals surface area contributed by atoms with E-state index in [1.807, 2.05) is 0 Å². The predicted octanol–water partition coefficient (Wildman–Crippen LogP) is 2.20. The average Bonchev–Trinajstić information content (AvgIpc) is 3.40. The number of esters is 1. The summed E-state index contributed by atoms with van der Waals surface area (Å²) in [7, 11) is 1.09. The van der Waals surface area contributed by atoms with Crippen LogP contribution in [0.4, 0.5) is 26.7 Å². The van der Waals surface area contributed by atoms with Crippen molar-refractivity contribution in [3.05, 3.63) is 34.6 Å². The Hall–Kier alpha value is -2.61. The van der Waals surface area contributed by atoms with Gasteiger partial charge in [0.25, 0.3) is 0 Å². The fourth-order valence-electron chi connectivity index (χ4n) is 4.19. The molecule has 2 saturated heterocycles. The first kappa shape index (κ1) is 28.0. The summed E-state index contributed by atoms with van der Waals surface area (Å²) in [6.07, 6.45) is 2.46. The van der Waals surface area contributed by atoms with E-state index >= 15 is 0 Å². The van der Waals surface area contributed by atoms with Gasteiger partial charge in [-0.25, -0.2) is 26.7 Å². The minimum Gasteiger partial charge on any atom is -0.468 e. The van der Waals surface area contributed by atoms with E-state index in [4.69, 9.17) is 0 Å². The molecule has 14 heteroatoms. The Morgan fingerprint density at radius 2 is 1.72 bits per heavy atom. The molecule has 2 aliphatic heterocycles. The number of carbonyl (C=O) groups is 3. The molecule has 0 saturated carbocycles. The zero-order chi connectivity index (χ0) is 26.4. The number of hydrogen-bond donors (Lipinski definition) is 3. The van der Waals surface area contributed by atoms with Crippen molar-refractivity contribution < 1.29 is 41.1 Å². The highest BCUT2D eigenvalue weighted by molar-refractivity contribution is 8.00. The molecular weight excluding hydrogens is 511 g/mol. The molecule has 8 nitrogen and oxygen atoms in total. The third-order valence-electron chi connectivity index (χ3n) is 6.09. The van der Waals surface area contributed by atoms with Crippen molar-refractivity contribution in [1.29, 1.82) is 0 Å². The van der Waals surface area contributed by atoms with E-state index in [0.717, 1.165) is 30.6 Å². The summed E-state index contributed by atoms with van der Waals surface area (Å²) < 4.78 is 72.9. The first-order chi connectivity index (χ1) is 17.1. The molecule has 3 atom stereocenters. The van der Waals surface area contributed by atoms with Gasteiger partial charge in [-0.2, -0.15) is 11.8 Å². The van der Waals surface area contributed by atoms with E-state index in [9.17, 15) is 36.3 Å². The Morgan fingerprint density at radius 3 is 2.39 bits per heavy atom. The van der Waals surface area contributed by atoms with Gasteiger partial charge in [-0.1, -0.05) is 6.42 Å². The van der Waals surface area contributed by atoms with E-state index in [2.05, 4.69) is 20.7 Å². The maximum atomic E-state index is 14.0. The monoisotopic (exact) mass is 538 g/mol. The molecule has 0 aromatic heterocycles. The number of ether oxygens (including phenoxy) is 1. The van der Waals surface area contributed by atoms with E-state index in [0.29, 0.717) is 6.42 Å². The number of carbonyl (C=O) groups excluding carboxylic acids is 3. The van der Waals surface area contributed by atoms with Gasteiger partial charge in [0, 0.05) is 42.6 Å². The summed E-state index contributed by atoms with van der Waals surface area (Å²) in [6.45, 7) is -1.37. The summed E-state index contributed by atoms with van der Waals surface area (Å²) in [5.41, 5.74) is -1.08. The molecule has 200 valence electrons. The lowest BCUT2D eigenvalue weighted by Gasteiger charge is -2.22. The van der Waals surface area contributed by atoms with Gasteiger partial charge < -0.3 is 20.7 Å². The largest absolute Gasteiger partial charge is 0.468 e. The van der Waals surface area contributed by atoms with Crippen LogP contribution in [-0.4, -0.2) is 72.6 Å². The smallest absolute Gasteiger partial charge is 0.319 e. The maximum absolute atomic E-state index is 14.0. The standard InChI is InChI=1S/C22H27F5N4O4S/c1-35-15(33)9-31(8-11-16(23)18(25)20(27)19(26)17(11)24)7-6-28-14(32)5-3-2-4-13-21-12(10-36-13)29-22(34)30-21/h12-13,21H,2-10H2,1H3,(H,28,32)(H2,29,30,34). The van der Waals surface area contributed by atoms with Gasteiger partial charge in [-0.15, -0.1) is 0 Å². The first-order valence-corrected chi connectivity index (χ1v) is 12.4. The molecule has 3 N–H and O–H groups in total. The number of rotatable bonds is 12. The fourth-order valence-corrected chi connectivity index (χ4v) is 5.73. The second kappa shape index (κ2) is 12.6. The number of methoxy groups -OCH3 is 1. The zero-order valence-electron chi connectivity index (χ0n) is 19.5. The third kappa shape index (κ3) is 6.78. The molecule has 1 aromatic carbocycles. The van der Waals surface area contributed by atoms with Gasteiger partial charge in [0.15, 0.2) is 23.3 Å².